The van der Waals surface area contributed by atoms with E-state index in [0.717, 1.165) is 30.0 Å². The maximum absolute atomic E-state index is 13.2. The lowest BCUT2D eigenvalue weighted by molar-refractivity contribution is -0.142. The van der Waals surface area contributed by atoms with Crippen molar-refractivity contribution in [2.75, 3.05) is 25.0 Å². The van der Waals surface area contributed by atoms with Gasteiger partial charge in [0.2, 0.25) is 21.8 Å². The van der Waals surface area contributed by atoms with Gasteiger partial charge in [-0.3, -0.25) is 9.59 Å². The van der Waals surface area contributed by atoms with Crippen molar-refractivity contribution in [1.82, 2.24) is 14.2 Å². The topological polar surface area (TPSA) is 99.7 Å². The number of hydrogen-bond donors (Lipinski definition) is 1. The van der Waals surface area contributed by atoms with Gasteiger partial charge in [0.1, 0.15) is 6.04 Å². The molecule has 34 heavy (non-hydrogen) atoms. The number of hydrogen-bond acceptors (Lipinski definition) is 6. The minimum absolute atomic E-state index is 0.0634. The third-order valence-electron chi connectivity index (χ3n) is 6.32. The molecule has 1 saturated carbocycles. The van der Waals surface area contributed by atoms with Crippen LogP contribution in [0.2, 0.25) is 10.0 Å². The van der Waals surface area contributed by atoms with Crippen molar-refractivity contribution < 1.29 is 18.0 Å². The third kappa shape index (κ3) is 5.91. The van der Waals surface area contributed by atoms with E-state index in [2.05, 4.69) is 10.3 Å². The van der Waals surface area contributed by atoms with Crippen LogP contribution in [0.3, 0.4) is 0 Å². The largest absolute Gasteiger partial charge is 0.328 e. The fraction of sp³-hybridized carbons (Fsp3) is 0.500. The summed E-state index contributed by atoms with van der Waals surface area (Å²) in [5, 5.41) is 5.46. The molecule has 184 valence electrons. The van der Waals surface area contributed by atoms with E-state index in [1.165, 1.54) is 40.9 Å². The Morgan fingerprint density at radius 2 is 1.85 bits per heavy atom. The molecule has 0 spiro atoms. The van der Waals surface area contributed by atoms with Crippen LogP contribution in [0.15, 0.2) is 34.7 Å². The number of amides is 2. The Morgan fingerprint density at radius 1 is 1.15 bits per heavy atom. The molecule has 12 heteroatoms. The smallest absolute Gasteiger partial charge is 0.248 e. The van der Waals surface area contributed by atoms with E-state index in [9.17, 15) is 18.0 Å². The van der Waals surface area contributed by atoms with Crippen LogP contribution >= 0.6 is 34.5 Å². The summed E-state index contributed by atoms with van der Waals surface area (Å²) in [6, 6.07) is 3.40. The summed E-state index contributed by atoms with van der Waals surface area (Å²) in [6.07, 6.45) is 7.64. The number of carbonyl (C=O) groups excluding carboxylic acids is 2. The van der Waals surface area contributed by atoms with Crippen LogP contribution in [0.1, 0.15) is 38.5 Å². The van der Waals surface area contributed by atoms with E-state index in [0.29, 0.717) is 17.5 Å². The maximum Gasteiger partial charge on any atom is 0.248 e. The predicted molar refractivity (Wildman–Crippen MR) is 133 cm³/mol. The molecule has 2 aromatic rings. The lowest BCUT2D eigenvalue weighted by Gasteiger charge is -2.39. The second-order valence-corrected chi connectivity index (χ2v) is 12.3. The molecule has 1 saturated heterocycles. The first-order valence-electron chi connectivity index (χ1n) is 11.2. The van der Waals surface area contributed by atoms with Crippen LogP contribution in [0.25, 0.3) is 0 Å². The fourth-order valence-corrected chi connectivity index (χ4v) is 7.25. The third-order valence-corrected chi connectivity index (χ3v) is 9.27. The number of benzene rings is 1. The van der Waals surface area contributed by atoms with Gasteiger partial charge in [-0.2, -0.15) is 4.31 Å². The predicted octanol–water partition coefficient (Wildman–Crippen LogP) is 4.26. The maximum atomic E-state index is 13.2. The van der Waals surface area contributed by atoms with Gasteiger partial charge in [0.25, 0.3) is 0 Å². The highest BCUT2D eigenvalue weighted by Gasteiger charge is 2.39. The lowest BCUT2D eigenvalue weighted by atomic mass is 9.84. The van der Waals surface area contributed by atoms with Crippen LogP contribution in [0.5, 0.6) is 0 Å². The second kappa shape index (κ2) is 10.9. The number of piperazine rings is 1. The SMILES string of the molecule is O=C(Nc1nccs1)C(CC1CCCCC1)N1CCN(S(=O)(=O)c2cc(Cl)cc(Cl)c2)CC1=O. The molecule has 2 fully saturated rings. The Labute approximate surface area is 213 Å². The molecule has 1 aromatic heterocycles. The number of sulfonamides is 1. The zero-order valence-electron chi connectivity index (χ0n) is 18.5. The number of rotatable bonds is 7. The zero-order valence-corrected chi connectivity index (χ0v) is 21.6. The minimum Gasteiger partial charge on any atom is -0.328 e. The van der Waals surface area contributed by atoms with E-state index in [4.69, 9.17) is 23.2 Å². The monoisotopic (exact) mass is 544 g/mol. The van der Waals surface area contributed by atoms with Crippen molar-refractivity contribution in [3.63, 3.8) is 0 Å². The molecule has 1 aromatic carbocycles. The van der Waals surface area contributed by atoms with Gasteiger partial charge >= 0.3 is 0 Å². The number of nitrogens with one attached hydrogen (secondary N) is 1. The number of anilines is 1. The van der Waals surface area contributed by atoms with Crippen LogP contribution in [0.4, 0.5) is 5.13 Å². The zero-order chi connectivity index (χ0) is 24.3. The van der Waals surface area contributed by atoms with Crippen molar-refractivity contribution in [3.05, 3.63) is 39.8 Å². The Balaban J connectivity index is 1.51. The molecule has 1 aliphatic carbocycles. The van der Waals surface area contributed by atoms with Gasteiger partial charge in [-0.15, -0.1) is 11.3 Å². The summed E-state index contributed by atoms with van der Waals surface area (Å²) >= 11 is 13.3. The molecule has 1 atom stereocenters. The average Bonchev–Trinajstić information content (AvgIpc) is 3.30. The van der Waals surface area contributed by atoms with Crippen molar-refractivity contribution in [2.45, 2.75) is 49.5 Å². The highest BCUT2D eigenvalue weighted by molar-refractivity contribution is 7.89. The van der Waals surface area contributed by atoms with Gasteiger partial charge in [-0.1, -0.05) is 55.3 Å². The van der Waals surface area contributed by atoms with Crippen molar-refractivity contribution in [1.29, 1.82) is 0 Å². The number of aromatic nitrogens is 1. The van der Waals surface area contributed by atoms with Crippen molar-refractivity contribution in [2.24, 2.45) is 5.92 Å². The highest BCUT2D eigenvalue weighted by atomic mass is 35.5. The van der Waals surface area contributed by atoms with Crippen LogP contribution in [-0.4, -0.2) is 60.1 Å². The molecule has 1 unspecified atom stereocenters. The Kier molecular flexibility index (Phi) is 8.14. The molecule has 2 amide bonds. The Morgan fingerprint density at radius 3 is 2.47 bits per heavy atom. The summed E-state index contributed by atoms with van der Waals surface area (Å²) in [7, 11) is -3.97. The summed E-state index contributed by atoms with van der Waals surface area (Å²) < 4.78 is 27.4. The van der Waals surface area contributed by atoms with Gasteiger partial charge in [0.15, 0.2) is 5.13 Å². The lowest BCUT2D eigenvalue weighted by Crippen LogP contribution is -2.58. The first kappa shape index (κ1) is 25.4. The number of thiazole rings is 1. The van der Waals surface area contributed by atoms with E-state index in [-0.39, 0.29) is 40.5 Å². The molecule has 8 nitrogen and oxygen atoms in total. The molecular weight excluding hydrogens is 519 g/mol. The highest BCUT2D eigenvalue weighted by Crippen LogP contribution is 2.31. The number of carbonyl (C=O) groups is 2. The van der Waals surface area contributed by atoms with Crippen LogP contribution < -0.4 is 5.32 Å². The van der Waals surface area contributed by atoms with E-state index in [1.54, 1.807) is 11.6 Å². The molecule has 1 N–H and O–H groups in total. The molecule has 4 rings (SSSR count). The second-order valence-electron chi connectivity index (χ2n) is 8.61. The quantitative estimate of drug-likeness (QED) is 0.561. The fourth-order valence-electron chi connectivity index (χ4n) is 4.61. The minimum atomic E-state index is -3.97. The molecule has 2 aliphatic rings. The van der Waals surface area contributed by atoms with E-state index in [1.807, 2.05) is 0 Å². The first-order chi connectivity index (χ1) is 16.2. The van der Waals surface area contributed by atoms with E-state index < -0.39 is 22.0 Å². The van der Waals surface area contributed by atoms with Gasteiger partial charge in [0.05, 0.1) is 11.4 Å². The molecular formula is C22H26Cl2N4O4S2. The van der Waals surface area contributed by atoms with Crippen molar-refractivity contribution >= 4 is 61.5 Å². The van der Waals surface area contributed by atoms with E-state index >= 15 is 0 Å². The number of halogens is 2. The summed E-state index contributed by atoms with van der Waals surface area (Å²) in [4.78, 5) is 32.0. The Hall–Kier alpha value is -1.72. The van der Waals surface area contributed by atoms with Crippen molar-refractivity contribution in [3.8, 4) is 0 Å². The van der Waals surface area contributed by atoms with Gasteiger partial charge in [-0.05, 0) is 30.5 Å². The number of nitrogens with zero attached hydrogens (tertiary/aromatic N) is 3. The van der Waals surface area contributed by atoms with Crippen LogP contribution in [-0.2, 0) is 19.6 Å². The van der Waals surface area contributed by atoms with Gasteiger partial charge < -0.3 is 10.2 Å². The Bertz CT molecular complexity index is 1120. The summed E-state index contributed by atoms with van der Waals surface area (Å²) in [5.74, 6) is -0.339. The normalized spacial score (nSPS) is 19.2. The van der Waals surface area contributed by atoms with Crippen LogP contribution in [0, 0.1) is 5.92 Å². The summed E-state index contributed by atoms with van der Waals surface area (Å²) in [6.45, 7) is -0.156. The molecule has 2 heterocycles. The molecule has 0 bridgehead atoms. The average molecular weight is 546 g/mol. The standard InChI is InChI=1S/C22H26Cl2N4O4S2/c23-16-11-17(24)13-18(12-16)34(31,32)27-7-8-28(20(29)14-27)19(10-15-4-2-1-3-5-15)21(30)26-22-25-6-9-33-22/h6,9,11-13,15,19H,1-5,7-8,10,14H2,(H,25,26,30). The molecule has 0 radical (unpaired) electrons. The summed E-state index contributed by atoms with van der Waals surface area (Å²) in [5.41, 5.74) is 0. The van der Waals surface area contributed by atoms with Gasteiger partial charge in [-0.25, -0.2) is 13.4 Å². The van der Waals surface area contributed by atoms with Gasteiger partial charge in [0, 0.05) is 34.7 Å². The molecule has 1 aliphatic heterocycles. The first-order valence-corrected chi connectivity index (χ1v) is 14.3.